The maximum absolute atomic E-state index is 3.55. The fraction of sp³-hybridized carbons (Fsp3) is 1.00. The van der Waals surface area contributed by atoms with Gasteiger partial charge in [-0.1, -0.05) is 90.3 Å². The molecule has 0 amide bonds. The van der Waals surface area contributed by atoms with Gasteiger partial charge in [-0.05, 0) is 5.94 Å². The highest BCUT2D eigenvalue weighted by atomic mass is 15.1. The van der Waals surface area contributed by atoms with Crippen molar-refractivity contribution in [2.45, 2.75) is 96.2 Å². The van der Waals surface area contributed by atoms with Crippen LogP contribution in [0.25, 0.3) is 0 Å². The van der Waals surface area contributed by atoms with E-state index < -0.39 is 0 Å². The summed E-state index contributed by atoms with van der Waals surface area (Å²) in [6.45, 7) is 9.17. The molecule has 0 aromatic carbocycles. The Hall–Kier alpha value is -0.0151. The molecule has 1 unspecified atom stereocenters. The molecule has 1 fully saturated rings. The lowest BCUT2D eigenvalue weighted by Crippen LogP contribution is -2.37. The molecule has 0 aliphatic carbocycles. The summed E-state index contributed by atoms with van der Waals surface area (Å²) in [5.41, 5.74) is 0. The minimum Gasteiger partial charge on any atom is -0.308 e. The molecule has 0 bridgehead atoms. The third-order valence-electron chi connectivity index (χ3n) is 4.66. The van der Waals surface area contributed by atoms with E-state index >= 15 is 0 Å². The molecule has 0 spiro atoms. The van der Waals surface area contributed by atoms with Crippen LogP contribution in [0, 0.1) is 0 Å². The molecule has 1 heterocycles. The van der Waals surface area contributed by atoms with Crippen molar-refractivity contribution in [3.8, 4) is 0 Å². The molecule has 1 saturated heterocycles. The van der Waals surface area contributed by atoms with Gasteiger partial charge in [0, 0.05) is 13.2 Å². The zero-order chi connectivity index (χ0) is 14.7. The summed E-state index contributed by atoms with van der Waals surface area (Å²) in [7, 11) is 2.62. The van der Waals surface area contributed by atoms with Crippen molar-refractivity contribution in [1.82, 2.24) is 10.6 Å². The van der Waals surface area contributed by atoms with Crippen molar-refractivity contribution in [2.24, 2.45) is 0 Å². The third-order valence-corrected chi connectivity index (χ3v) is 4.66. The van der Waals surface area contributed by atoms with Crippen LogP contribution in [0.15, 0.2) is 0 Å². The van der Waals surface area contributed by atoms with Gasteiger partial charge in [-0.15, -0.1) is 0 Å². The molecular weight excluding hydrogens is 243 g/mol. The summed E-state index contributed by atoms with van der Waals surface area (Å²) in [6.07, 6.45) is 13.8. The Morgan fingerprint density at radius 1 is 0.950 bits per heavy atom. The molecular formula is C17H36BN2. The second-order valence-corrected chi connectivity index (χ2v) is 6.88. The standard InChI is InChI=1S/C17H36BN2/c1-4-6-8-10-12-17(3,13-11-9-7-5-2)18-16-14-19-15-20-16/h16,19-20H,4-15H2,1-3H3. The molecule has 0 saturated carbocycles. The van der Waals surface area contributed by atoms with Gasteiger partial charge in [-0.25, -0.2) is 0 Å². The van der Waals surface area contributed by atoms with Crippen molar-refractivity contribution in [1.29, 1.82) is 0 Å². The molecule has 1 radical (unpaired) electrons. The van der Waals surface area contributed by atoms with Crippen LogP contribution in [0.3, 0.4) is 0 Å². The molecule has 0 aromatic rings. The summed E-state index contributed by atoms with van der Waals surface area (Å²) < 4.78 is 0. The van der Waals surface area contributed by atoms with E-state index in [-0.39, 0.29) is 0 Å². The summed E-state index contributed by atoms with van der Waals surface area (Å²) in [5, 5.41) is 7.39. The maximum atomic E-state index is 3.55. The fourth-order valence-electron chi connectivity index (χ4n) is 3.31. The zero-order valence-electron chi connectivity index (χ0n) is 14.1. The number of unbranched alkanes of at least 4 members (excludes halogenated alkanes) is 6. The lowest BCUT2D eigenvalue weighted by Gasteiger charge is -2.32. The summed E-state index contributed by atoms with van der Waals surface area (Å²) in [4.78, 5) is 0. The highest BCUT2D eigenvalue weighted by Gasteiger charge is 2.29. The maximum Gasteiger partial charge on any atom is 0.142 e. The molecule has 2 N–H and O–H groups in total. The van der Waals surface area contributed by atoms with Crippen molar-refractivity contribution in [3.05, 3.63) is 0 Å². The van der Waals surface area contributed by atoms with Crippen molar-refractivity contribution < 1.29 is 0 Å². The molecule has 1 atom stereocenters. The Labute approximate surface area is 128 Å². The van der Waals surface area contributed by atoms with Gasteiger partial charge < -0.3 is 10.6 Å². The van der Waals surface area contributed by atoms with Crippen LogP contribution in [0.1, 0.15) is 85.0 Å². The Kier molecular flexibility index (Phi) is 9.63. The van der Waals surface area contributed by atoms with Gasteiger partial charge in [-0.3, -0.25) is 0 Å². The highest BCUT2D eigenvalue weighted by molar-refractivity contribution is 6.42. The van der Waals surface area contributed by atoms with Gasteiger partial charge in [0.25, 0.3) is 0 Å². The summed E-state index contributed by atoms with van der Waals surface area (Å²) in [6, 6.07) is 0. The van der Waals surface area contributed by atoms with Gasteiger partial charge >= 0.3 is 0 Å². The molecule has 20 heavy (non-hydrogen) atoms. The molecule has 2 nitrogen and oxygen atoms in total. The molecule has 3 heteroatoms. The van der Waals surface area contributed by atoms with Crippen molar-refractivity contribution >= 4 is 7.28 Å². The largest absolute Gasteiger partial charge is 0.308 e. The fourth-order valence-corrected chi connectivity index (χ4v) is 3.31. The van der Waals surface area contributed by atoms with Crippen molar-refractivity contribution in [3.63, 3.8) is 0 Å². The molecule has 1 aliphatic rings. The van der Waals surface area contributed by atoms with Gasteiger partial charge in [0.2, 0.25) is 0 Å². The van der Waals surface area contributed by atoms with Crippen LogP contribution in [0.5, 0.6) is 0 Å². The summed E-state index contributed by atoms with van der Waals surface area (Å²) in [5.74, 6) is 0.581. The van der Waals surface area contributed by atoms with E-state index in [0.29, 0.717) is 11.3 Å². The number of nitrogens with one attached hydrogen (secondary N) is 2. The molecule has 117 valence electrons. The normalized spacial score (nSPS) is 19.4. The van der Waals surface area contributed by atoms with E-state index in [1.807, 2.05) is 0 Å². The van der Waals surface area contributed by atoms with Crippen LogP contribution >= 0.6 is 0 Å². The topological polar surface area (TPSA) is 24.1 Å². The van der Waals surface area contributed by atoms with Gasteiger partial charge in [0.1, 0.15) is 7.28 Å². The van der Waals surface area contributed by atoms with Gasteiger partial charge in [-0.2, -0.15) is 0 Å². The Morgan fingerprint density at radius 2 is 1.55 bits per heavy atom. The predicted octanol–water partition coefficient (Wildman–Crippen LogP) is 4.29. The SMILES string of the molecule is CCCCCCC(C)([B]C1CNCN1)CCCCCC. The lowest BCUT2D eigenvalue weighted by atomic mass is 9.46. The first kappa shape index (κ1) is 18.0. The van der Waals surface area contributed by atoms with Crippen LogP contribution in [0.4, 0.5) is 0 Å². The smallest absolute Gasteiger partial charge is 0.142 e. The van der Waals surface area contributed by atoms with Crippen LogP contribution in [-0.2, 0) is 0 Å². The second kappa shape index (κ2) is 10.7. The van der Waals surface area contributed by atoms with E-state index in [9.17, 15) is 0 Å². The lowest BCUT2D eigenvalue weighted by molar-refractivity contribution is 0.445. The average Bonchev–Trinajstić information content (AvgIpc) is 2.93. The molecule has 1 rings (SSSR count). The first-order valence-electron chi connectivity index (χ1n) is 9.00. The molecule has 1 aliphatic heterocycles. The van der Waals surface area contributed by atoms with E-state index in [1.165, 1.54) is 64.2 Å². The quantitative estimate of drug-likeness (QED) is 0.411. The Bertz CT molecular complexity index is 215. The monoisotopic (exact) mass is 279 g/mol. The van der Waals surface area contributed by atoms with E-state index in [1.54, 1.807) is 0 Å². The second-order valence-electron chi connectivity index (χ2n) is 6.88. The van der Waals surface area contributed by atoms with Crippen molar-refractivity contribution in [2.75, 3.05) is 13.2 Å². The first-order chi connectivity index (χ1) is 9.70. The highest BCUT2D eigenvalue weighted by Crippen LogP contribution is 2.38. The van der Waals surface area contributed by atoms with E-state index in [0.717, 1.165) is 13.2 Å². The number of rotatable bonds is 12. The van der Waals surface area contributed by atoms with E-state index in [2.05, 4.69) is 38.7 Å². The predicted molar refractivity (Wildman–Crippen MR) is 91.4 cm³/mol. The minimum atomic E-state index is 0.436. The van der Waals surface area contributed by atoms with E-state index in [4.69, 9.17) is 0 Å². The summed E-state index contributed by atoms with van der Waals surface area (Å²) >= 11 is 0. The molecule has 0 aromatic heterocycles. The minimum absolute atomic E-state index is 0.436. The average molecular weight is 279 g/mol. The van der Waals surface area contributed by atoms with Gasteiger partial charge in [0.15, 0.2) is 0 Å². The van der Waals surface area contributed by atoms with Crippen LogP contribution in [0.2, 0.25) is 5.31 Å². The third kappa shape index (κ3) is 7.68. The Morgan fingerprint density at radius 3 is 2.00 bits per heavy atom. The Balaban J connectivity index is 2.33. The number of hydrogen-bond acceptors (Lipinski definition) is 2. The van der Waals surface area contributed by atoms with Crippen LogP contribution in [-0.4, -0.2) is 26.4 Å². The van der Waals surface area contributed by atoms with Crippen LogP contribution < -0.4 is 10.6 Å². The zero-order valence-corrected chi connectivity index (χ0v) is 14.1. The number of hydrogen-bond donors (Lipinski definition) is 2. The van der Waals surface area contributed by atoms with Gasteiger partial charge in [0.05, 0.1) is 0 Å². The first-order valence-corrected chi connectivity index (χ1v) is 9.00.